The lowest BCUT2D eigenvalue weighted by Crippen LogP contribution is -2.50. The second-order valence-electron chi connectivity index (χ2n) is 8.13. The number of halogens is 3. The third-order valence-corrected chi connectivity index (χ3v) is 5.86. The smallest absolute Gasteiger partial charge is 0.251 e. The molecule has 0 bridgehead atoms. The lowest BCUT2D eigenvalue weighted by atomic mass is 9.81. The first-order chi connectivity index (χ1) is 14.8. The van der Waals surface area contributed by atoms with Crippen LogP contribution in [0.3, 0.4) is 0 Å². The number of carbonyl (C=O) groups excluding carboxylic acids is 1. The molecule has 1 fully saturated rings. The molecule has 0 saturated carbocycles. The van der Waals surface area contributed by atoms with Gasteiger partial charge in [0, 0.05) is 29.0 Å². The first-order valence-corrected chi connectivity index (χ1v) is 10.4. The van der Waals surface area contributed by atoms with E-state index >= 15 is 0 Å². The van der Waals surface area contributed by atoms with E-state index in [1.54, 1.807) is 24.3 Å². The number of hydrogen-bond donors (Lipinski definition) is 1. The Hall–Kier alpha value is -2.76. The van der Waals surface area contributed by atoms with E-state index in [1.165, 1.54) is 6.07 Å². The molecular formula is C25H22ClF2NO2. The number of amides is 1. The second kappa shape index (κ2) is 8.77. The maximum absolute atomic E-state index is 13.9. The minimum Gasteiger partial charge on any atom is -0.365 e. The van der Waals surface area contributed by atoms with E-state index in [9.17, 15) is 13.6 Å². The summed E-state index contributed by atoms with van der Waals surface area (Å²) in [5.41, 5.74) is 1.35. The molecule has 6 heteroatoms. The van der Waals surface area contributed by atoms with Crippen molar-refractivity contribution in [2.75, 3.05) is 0 Å². The summed E-state index contributed by atoms with van der Waals surface area (Å²) in [4.78, 5) is 12.9. The molecular weight excluding hydrogens is 420 g/mol. The highest BCUT2D eigenvalue weighted by molar-refractivity contribution is 6.30. The average Bonchev–Trinajstić information content (AvgIpc) is 2.76. The summed E-state index contributed by atoms with van der Waals surface area (Å²) < 4.78 is 33.7. The van der Waals surface area contributed by atoms with Crippen LogP contribution < -0.4 is 5.32 Å². The predicted octanol–water partition coefficient (Wildman–Crippen LogP) is 6.40. The van der Waals surface area contributed by atoms with E-state index in [4.69, 9.17) is 16.3 Å². The zero-order valence-corrected chi connectivity index (χ0v) is 17.7. The Kier molecular flexibility index (Phi) is 6.08. The van der Waals surface area contributed by atoms with Gasteiger partial charge in [-0.05, 0) is 54.4 Å². The Morgan fingerprint density at radius 1 is 0.935 bits per heavy atom. The minimum atomic E-state index is -0.926. The fourth-order valence-electron chi connectivity index (χ4n) is 4.02. The van der Waals surface area contributed by atoms with E-state index in [-0.39, 0.29) is 12.0 Å². The number of rotatable bonds is 4. The van der Waals surface area contributed by atoms with Gasteiger partial charge < -0.3 is 10.1 Å². The fraction of sp³-hybridized carbons (Fsp3) is 0.240. The molecule has 0 aliphatic carbocycles. The fourth-order valence-corrected chi connectivity index (χ4v) is 4.14. The van der Waals surface area contributed by atoms with Crippen LogP contribution in [-0.2, 0) is 4.74 Å². The molecule has 1 heterocycles. The average molecular weight is 442 g/mol. The molecule has 0 aromatic heterocycles. The Bertz CT molecular complexity index is 1070. The van der Waals surface area contributed by atoms with Crippen LogP contribution in [0.25, 0.3) is 0 Å². The highest BCUT2D eigenvalue weighted by atomic mass is 35.5. The topological polar surface area (TPSA) is 38.3 Å². The normalized spacial score (nSPS) is 23.4. The van der Waals surface area contributed by atoms with Crippen LogP contribution in [0.5, 0.6) is 0 Å². The predicted molar refractivity (Wildman–Crippen MR) is 116 cm³/mol. The van der Waals surface area contributed by atoms with Crippen molar-refractivity contribution in [1.82, 2.24) is 5.32 Å². The molecule has 0 unspecified atom stereocenters. The lowest BCUT2D eigenvalue weighted by Gasteiger charge is -2.43. The van der Waals surface area contributed by atoms with Gasteiger partial charge in [0.15, 0.2) is 11.6 Å². The van der Waals surface area contributed by atoms with Gasteiger partial charge in [0.25, 0.3) is 5.91 Å². The molecule has 160 valence electrons. The van der Waals surface area contributed by atoms with E-state index in [2.05, 4.69) is 5.32 Å². The molecule has 3 aromatic carbocycles. The maximum Gasteiger partial charge on any atom is 0.251 e. The highest BCUT2D eigenvalue weighted by Crippen LogP contribution is 2.44. The molecule has 1 amide bonds. The van der Waals surface area contributed by atoms with Crippen molar-refractivity contribution in [1.29, 1.82) is 0 Å². The highest BCUT2D eigenvalue weighted by Gasteiger charge is 2.40. The van der Waals surface area contributed by atoms with Crippen LogP contribution >= 0.6 is 11.6 Å². The number of carbonyl (C=O) groups is 1. The van der Waals surface area contributed by atoms with Crippen LogP contribution in [0.4, 0.5) is 8.78 Å². The third-order valence-electron chi connectivity index (χ3n) is 5.61. The SMILES string of the molecule is C[C@]1(NC(=O)c2ccccc2)C[C@@H](c2ccc(Cl)cc2)O[C@@H](c2ccc(F)c(F)c2)C1. The van der Waals surface area contributed by atoms with Crippen molar-refractivity contribution in [3.8, 4) is 0 Å². The van der Waals surface area contributed by atoms with Crippen molar-refractivity contribution in [3.63, 3.8) is 0 Å². The monoisotopic (exact) mass is 441 g/mol. The summed E-state index contributed by atoms with van der Waals surface area (Å²) in [6, 6.07) is 20.0. The maximum atomic E-state index is 13.9. The Morgan fingerprint density at radius 3 is 2.19 bits per heavy atom. The van der Waals surface area contributed by atoms with Gasteiger partial charge in [0.2, 0.25) is 0 Å². The van der Waals surface area contributed by atoms with Crippen LogP contribution in [-0.4, -0.2) is 11.4 Å². The minimum absolute atomic E-state index is 0.191. The molecule has 1 N–H and O–H groups in total. The standard InChI is InChI=1S/C25H22ClF2NO2/c1-25(29-24(30)17-5-3-2-4-6-17)14-22(16-7-10-19(26)11-8-16)31-23(15-25)18-9-12-20(27)21(28)13-18/h2-13,22-23H,14-15H2,1H3,(H,29,30)/t22-,23+,25-/m0/s1. The van der Waals surface area contributed by atoms with Crippen LogP contribution in [0.15, 0.2) is 72.8 Å². The van der Waals surface area contributed by atoms with Crippen LogP contribution in [0.2, 0.25) is 5.02 Å². The summed E-state index contributed by atoms with van der Waals surface area (Å²) in [7, 11) is 0. The van der Waals surface area contributed by atoms with Crippen LogP contribution in [0, 0.1) is 11.6 Å². The molecule has 1 saturated heterocycles. The molecule has 3 nitrogen and oxygen atoms in total. The Balaban J connectivity index is 1.65. The van der Waals surface area contributed by atoms with Crippen molar-refractivity contribution < 1.29 is 18.3 Å². The van der Waals surface area contributed by atoms with E-state index < -0.39 is 23.3 Å². The van der Waals surface area contributed by atoms with Gasteiger partial charge in [-0.15, -0.1) is 0 Å². The molecule has 31 heavy (non-hydrogen) atoms. The summed E-state index contributed by atoms with van der Waals surface area (Å²) in [6.07, 6.45) is 0.0597. The second-order valence-corrected chi connectivity index (χ2v) is 8.56. The van der Waals surface area contributed by atoms with E-state index in [1.807, 2.05) is 37.3 Å². The van der Waals surface area contributed by atoms with Crippen molar-refractivity contribution >= 4 is 17.5 Å². The van der Waals surface area contributed by atoms with Gasteiger partial charge in [-0.1, -0.05) is 48.0 Å². The molecule has 1 aliphatic heterocycles. The number of nitrogens with one attached hydrogen (secondary N) is 1. The molecule has 3 aromatic rings. The van der Waals surface area contributed by atoms with Gasteiger partial charge in [-0.25, -0.2) is 8.78 Å². The van der Waals surface area contributed by atoms with Crippen molar-refractivity contribution in [3.05, 3.63) is 106 Å². The molecule has 1 aliphatic rings. The summed E-state index contributed by atoms with van der Waals surface area (Å²) in [5.74, 6) is -2.03. The summed E-state index contributed by atoms with van der Waals surface area (Å²) in [6.45, 7) is 1.95. The van der Waals surface area contributed by atoms with E-state index in [0.717, 1.165) is 17.7 Å². The summed E-state index contributed by atoms with van der Waals surface area (Å²) in [5, 5.41) is 3.74. The van der Waals surface area contributed by atoms with Gasteiger partial charge >= 0.3 is 0 Å². The van der Waals surface area contributed by atoms with Gasteiger partial charge in [-0.2, -0.15) is 0 Å². The molecule has 4 rings (SSSR count). The lowest BCUT2D eigenvalue weighted by molar-refractivity contribution is -0.0852. The zero-order chi connectivity index (χ0) is 22.0. The molecule has 0 spiro atoms. The largest absolute Gasteiger partial charge is 0.365 e. The quantitative estimate of drug-likeness (QED) is 0.508. The van der Waals surface area contributed by atoms with Gasteiger partial charge in [-0.3, -0.25) is 4.79 Å². The Morgan fingerprint density at radius 2 is 1.55 bits per heavy atom. The first-order valence-electron chi connectivity index (χ1n) is 10.1. The van der Waals surface area contributed by atoms with Crippen LogP contribution in [0.1, 0.15) is 53.5 Å². The van der Waals surface area contributed by atoms with Crippen molar-refractivity contribution in [2.24, 2.45) is 0 Å². The Labute approximate surface area is 185 Å². The molecule has 0 radical (unpaired) electrons. The van der Waals surface area contributed by atoms with Gasteiger partial charge in [0.05, 0.1) is 12.2 Å². The number of hydrogen-bond acceptors (Lipinski definition) is 2. The third kappa shape index (κ3) is 4.94. The summed E-state index contributed by atoms with van der Waals surface area (Å²) >= 11 is 6.03. The van der Waals surface area contributed by atoms with Gasteiger partial charge in [0.1, 0.15) is 0 Å². The number of benzene rings is 3. The first kappa shape index (κ1) is 21.5. The molecule has 3 atom stereocenters. The van der Waals surface area contributed by atoms with Crippen molar-refractivity contribution in [2.45, 2.75) is 37.5 Å². The van der Waals surface area contributed by atoms with E-state index in [0.29, 0.717) is 29.0 Å². The zero-order valence-electron chi connectivity index (χ0n) is 16.9. The number of ether oxygens (including phenoxy) is 1.